The lowest BCUT2D eigenvalue weighted by Gasteiger charge is -2.30. The number of carbonyl (C=O) groups excluding carboxylic acids is 2. The van der Waals surface area contributed by atoms with Crippen LogP contribution in [-0.2, 0) is 9.59 Å². The Morgan fingerprint density at radius 2 is 1.57 bits per heavy atom. The number of hydrogen-bond acceptors (Lipinski definition) is 4. The Balaban J connectivity index is 2.26. The van der Waals surface area contributed by atoms with Crippen molar-refractivity contribution in [1.82, 2.24) is 0 Å². The van der Waals surface area contributed by atoms with Gasteiger partial charge in [-0.3, -0.25) is 0 Å². The van der Waals surface area contributed by atoms with Gasteiger partial charge in [0.15, 0.2) is 0 Å². The van der Waals surface area contributed by atoms with Crippen LogP contribution in [0.25, 0.3) is 0 Å². The minimum Gasteiger partial charge on any atom is -0.211 e. The summed E-state index contributed by atoms with van der Waals surface area (Å²) in [5.74, 6) is 0.459. The molecule has 0 aromatic carbocycles. The maximum absolute atomic E-state index is 10.6. The highest BCUT2D eigenvalue weighted by Crippen LogP contribution is 2.32. The van der Waals surface area contributed by atoms with Crippen LogP contribution < -0.4 is 0 Å². The minimum atomic E-state index is -0.00473. The van der Waals surface area contributed by atoms with Gasteiger partial charge in [0.1, 0.15) is 0 Å². The Bertz CT molecular complexity index is 371. The summed E-state index contributed by atoms with van der Waals surface area (Å²) in [6.45, 7) is 2.23. The van der Waals surface area contributed by atoms with Gasteiger partial charge in [-0.25, -0.2) is 19.6 Å². The van der Waals surface area contributed by atoms with Crippen LogP contribution in [0.15, 0.2) is 9.98 Å². The summed E-state index contributed by atoms with van der Waals surface area (Å²) in [6.07, 6.45) is 16.2. The van der Waals surface area contributed by atoms with Crippen LogP contribution in [0.2, 0.25) is 0 Å². The van der Waals surface area contributed by atoms with Gasteiger partial charge in [-0.2, -0.15) is 0 Å². The monoisotopic (exact) mass is 292 g/mol. The number of rotatable bonds is 10. The summed E-state index contributed by atoms with van der Waals surface area (Å²) >= 11 is 0. The van der Waals surface area contributed by atoms with Crippen LogP contribution in [0.4, 0.5) is 0 Å². The Hall–Kier alpha value is -1.24. The van der Waals surface area contributed by atoms with Gasteiger partial charge in [0.2, 0.25) is 12.2 Å². The number of aliphatic imine (C=N–C) groups is 2. The molecule has 0 aromatic heterocycles. The summed E-state index contributed by atoms with van der Waals surface area (Å²) in [7, 11) is 0. The zero-order valence-corrected chi connectivity index (χ0v) is 13.2. The van der Waals surface area contributed by atoms with Crippen molar-refractivity contribution in [3.05, 3.63) is 0 Å². The van der Waals surface area contributed by atoms with E-state index in [1.165, 1.54) is 44.9 Å². The number of unbranched alkanes of at least 4 members (excludes halogenated alkanes) is 6. The molecule has 0 N–H and O–H groups in total. The first-order valence-corrected chi connectivity index (χ1v) is 8.45. The van der Waals surface area contributed by atoms with E-state index in [2.05, 4.69) is 16.9 Å². The van der Waals surface area contributed by atoms with Crippen LogP contribution >= 0.6 is 0 Å². The van der Waals surface area contributed by atoms with E-state index in [1.54, 1.807) is 12.2 Å². The summed E-state index contributed by atoms with van der Waals surface area (Å²) in [5.41, 5.74) is 0. The Labute approximate surface area is 128 Å². The van der Waals surface area contributed by atoms with Gasteiger partial charge in [-0.15, -0.1) is 0 Å². The zero-order valence-electron chi connectivity index (χ0n) is 13.2. The van der Waals surface area contributed by atoms with Crippen molar-refractivity contribution in [3.63, 3.8) is 0 Å². The Kier molecular flexibility index (Phi) is 9.69. The SMILES string of the molecule is CCCCCCCCCC1CCC(N=C=O)CC1N=C=O. The van der Waals surface area contributed by atoms with Crippen molar-refractivity contribution in [2.45, 2.75) is 89.6 Å². The van der Waals surface area contributed by atoms with Crippen molar-refractivity contribution < 1.29 is 9.59 Å². The predicted molar refractivity (Wildman–Crippen MR) is 83.8 cm³/mol. The van der Waals surface area contributed by atoms with Crippen molar-refractivity contribution in [2.24, 2.45) is 15.9 Å². The van der Waals surface area contributed by atoms with Crippen molar-refractivity contribution in [1.29, 1.82) is 0 Å². The highest BCUT2D eigenvalue weighted by molar-refractivity contribution is 5.35. The molecule has 4 heteroatoms. The molecule has 0 aliphatic heterocycles. The molecule has 0 amide bonds. The molecule has 0 radical (unpaired) electrons. The third-order valence-corrected chi connectivity index (χ3v) is 4.56. The van der Waals surface area contributed by atoms with E-state index >= 15 is 0 Å². The smallest absolute Gasteiger partial charge is 0.211 e. The van der Waals surface area contributed by atoms with Gasteiger partial charge in [-0.05, 0) is 31.6 Å². The molecule has 3 unspecified atom stereocenters. The molecule has 1 rings (SSSR count). The molecule has 0 spiro atoms. The first-order valence-electron chi connectivity index (χ1n) is 8.45. The van der Waals surface area contributed by atoms with Crippen LogP contribution in [0.1, 0.15) is 77.6 Å². The highest BCUT2D eigenvalue weighted by Gasteiger charge is 2.29. The third-order valence-electron chi connectivity index (χ3n) is 4.56. The van der Waals surface area contributed by atoms with E-state index in [1.807, 2.05) is 0 Å². The average Bonchev–Trinajstić information content (AvgIpc) is 2.49. The molecule has 3 atom stereocenters. The molecule has 21 heavy (non-hydrogen) atoms. The molecular formula is C17H28N2O2. The fraction of sp³-hybridized carbons (Fsp3) is 0.882. The molecule has 1 aliphatic carbocycles. The molecule has 1 saturated carbocycles. The molecule has 1 aliphatic rings. The normalized spacial score (nSPS) is 24.9. The van der Waals surface area contributed by atoms with E-state index in [4.69, 9.17) is 0 Å². The van der Waals surface area contributed by atoms with E-state index in [0.717, 1.165) is 19.3 Å². The first-order chi connectivity index (χ1) is 10.3. The lowest BCUT2D eigenvalue weighted by atomic mass is 9.79. The second-order valence-electron chi connectivity index (χ2n) is 6.15. The predicted octanol–water partition coefficient (Wildman–Crippen LogP) is 4.34. The van der Waals surface area contributed by atoms with E-state index in [-0.39, 0.29) is 12.1 Å². The lowest BCUT2D eigenvalue weighted by Crippen LogP contribution is -2.30. The van der Waals surface area contributed by atoms with Gasteiger partial charge in [0, 0.05) is 0 Å². The Morgan fingerprint density at radius 3 is 2.24 bits per heavy atom. The van der Waals surface area contributed by atoms with Gasteiger partial charge in [0.25, 0.3) is 0 Å². The summed E-state index contributed by atoms with van der Waals surface area (Å²) in [4.78, 5) is 28.6. The van der Waals surface area contributed by atoms with Crippen molar-refractivity contribution in [3.8, 4) is 0 Å². The van der Waals surface area contributed by atoms with E-state index in [0.29, 0.717) is 12.3 Å². The standard InChI is InChI=1S/C17H28N2O2/c1-2-3-4-5-6-7-8-9-15-10-11-16(18-13-20)12-17(15)19-14-21/h15-17H,2-12H2,1H3. The van der Waals surface area contributed by atoms with Gasteiger partial charge in [-0.1, -0.05) is 51.9 Å². The number of isocyanates is 2. The second kappa shape index (κ2) is 11.4. The van der Waals surface area contributed by atoms with Gasteiger partial charge in [0.05, 0.1) is 12.1 Å². The number of hydrogen-bond donors (Lipinski definition) is 0. The fourth-order valence-corrected chi connectivity index (χ4v) is 3.31. The Morgan fingerprint density at radius 1 is 0.905 bits per heavy atom. The topological polar surface area (TPSA) is 58.9 Å². The maximum Gasteiger partial charge on any atom is 0.235 e. The van der Waals surface area contributed by atoms with E-state index in [9.17, 15) is 9.59 Å². The highest BCUT2D eigenvalue weighted by atomic mass is 16.1. The molecule has 118 valence electrons. The van der Waals surface area contributed by atoms with E-state index < -0.39 is 0 Å². The minimum absolute atomic E-state index is 0.00144. The average molecular weight is 292 g/mol. The quantitative estimate of drug-likeness (QED) is 0.342. The summed E-state index contributed by atoms with van der Waals surface area (Å²) < 4.78 is 0. The molecule has 0 aromatic rings. The van der Waals surface area contributed by atoms with Crippen LogP contribution in [0, 0.1) is 5.92 Å². The largest absolute Gasteiger partial charge is 0.235 e. The first kappa shape index (κ1) is 17.8. The summed E-state index contributed by atoms with van der Waals surface area (Å²) in [5, 5.41) is 0. The zero-order chi connectivity index (χ0) is 15.3. The second-order valence-corrected chi connectivity index (χ2v) is 6.15. The molecule has 0 bridgehead atoms. The third kappa shape index (κ3) is 7.36. The van der Waals surface area contributed by atoms with Gasteiger partial charge < -0.3 is 0 Å². The maximum atomic E-state index is 10.6. The van der Waals surface area contributed by atoms with Crippen LogP contribution in [0.5, 0.6) is 0 Å². The van der Waals surface area contributed by atoms with Crippen LogP contribution in [-0.4, -0.2) is 24.2 Å². The molecule has 4 nitrogen and oxygen atoms in total. The van der Waals surface area contributed by atoms with Gasteiger partial charge >= 0.3 is 0 Å². The lowest BCUT2D eigenvalue weighted by molar-refractivity contribution is 0.263. The molecule has 0 heterocycles. The molecular weight excluding hydrogens is 264 g/mol. The molecule has 0 saturated heterocycles. The van der Waals surface area contributed by atoms with Crippen LogP contribution in [0.3, 0.4) is 0 Å². The summed E-state index contributed by atoms with van der Waals surface area (Å²) in [6, 6.07) is -0.00617. The number of nitrogens with zero attached hydrogens (tertiary/aromatic N) is 2. The van der Waals surface area contributed by atoms with Crippen molar-refractivity contribution >= 4 is 12.2 Å². The van der Waals surface area contributed by atoms with Crippen molar-refractivity contribution in [2.75, 3.05) is 0 Å². The fourth-order valence-electron chi connectivity index (χ4n) is 3.31. The molecule has 1 fully saturated rings.